The van der Waals surface area contributed by atoms with Gasteiger partial charge in [-0.05, 0) is 72.2 Å². The minimum Gasteiger partial charge on any atom is -0.491 e. The van der Waals surface area contributed by atoms with Gasteiger partial charge >= 0.3 is 0 Å². The quantitative estimate of drug-likeness (QED) is 0.405. The molecule has 0 saturated heterocycles. The first kappa shape index (κ1) is 25.1. The number of hydrogen-bond acceptors (Lipinski definition) is 6. The van der Waals surface area contributed by atoms with E-state index in [1.165, 1.54) is 10.4 Å². The van der Waals surface area contributed by atoms with Gasteiger partial charge in [-0.25, -0.2) is 0 Å². The van der Waals surface area contributed by atoms with E-state index < -0.39 is 0 Å². The van der Waals surface area contributed by atoms with Crippen LogP contribution in [-0.4, -0.2) is 54.6 Å². The summed E-state index contributed by atoms with van der Waals surface area (Å²) in [5, 5.41) is 2.07. The number of carbonyl (C=O) groups is 2. The lowest BCUT2D eigenvalue weighted by molar-refractivity contribution is -0.135. The Labute approximate surface area is 221 Å². The van der Waals surface area contributed by atoms with Crippen LogP contribution in [0.1, 0.15) is 59.1 Å². The Hall–Kier alpha value is -3.52. The predicted molar refractivity (Wildman–Crippen MR) is 143 cm³/mol. The van der Waals surface area contributed by atoms with Crippen LogP contribution in [0.3, 0.4) is 0 Å². The molecule has 0 N–H and O–H groups in total. The molecule has 3 heterocycles. The van der Waals surface area contributed by atoms with Crippen molar-refractivity contribution in [1.82, 2.24) is 9.80 Å². The highest BCUT2D eigenvalue weighted by atomic mass is 32.1. The Balaban J connectivity index is 1.30. The lowest BCUT2D eigenvalue weighted by Gasteiger charge is -2.37. The molecule has 2 aliphatic rings. The zero-order valence-electron chi connectivity index (χ0n) is 21.4. The maximum atomic E-state index is 13.6. The van der Waals surface area contributed by atoms with Gasteiger partial charge in [0, 0.05) is 23.5 Å². The Bertz CT molecular complexity index is 1270. The van der Waals surface area contributed by atoms with Crippen LogP contribution >= 0.6 is 11.3 Å². The van der Waals surface area contributed by atoms with E-state index in [0.29, 0.717) is 42.7 Å². The maximum Gasteiger partial charge on any atom is 0.254 e. The average molecular weight is 521 g/mol. The summed E-state index contributed by atoms with van der Waals surface area (Å²) in [4.78, 5) is 31.6. The van der Waals surface area contributed by atoms with Crippen LogP contribution in [0, 0.1) is 0 Å². The van der Waals surface area contributed by atoms with Crippen molar-refractivity contribution >= 4 is 23.2 Å². The molecule has 0 aliphatic carbocycles. The van der Waals surface area contributed by atoms with E-state index in [1.54, 1.807) is 34.4 Å². The number of likely N-dealkylation sites (N-methyl/N-ethyl adjacent to an activating group) is 1. The minimum atomic E-state index is -0.208. The summed E-state index contributed by atoms with van der Waals surface area (Å²) >= 11 is 1.72. The molecule has 0 saturated carbocycles. The second-order valence-electron chi connectivity index (χ2n) is 9.57. The molecule has 2 aliphatic heterocycles. The van der Waals surface area contributed by atoms with Crippen molar-refractivity contribution in [2.24, 2.45) is 0 Å². The highest BCUT2D eigenvalue weighted by Gasteiger charge is 2.33. The molecule has 5 rings (SSSR count). The molecular weight excluding hydrogens is 488 g/mol. The SMILES string of the molecule is CCN(CC(=O)N1CCc2sccc2[C@H]1COc1ccc(C(C)C)cc1)C(=O)c1ccc2c(c1)OCO2. The topological polar surface area (TPSA) is 68.3 Å². The van der Waals surface area contributed by atoms with Crippen LogP contribution in [0.5, 0.6) is 17.2 Å². The van der Waals surface area contributed by atoms with Gasteiger partial charge in [0.25, 0.3) is 5.91 Å². The Morgan fingerprint density at radius 1 is 1.11 bits per heavy atom. The third kappa shape index (κ3) is 5.30. The van der Waals surface area contributed by atoms with Crippen LogP contribution in [-0.2, 0) is 11.2 Å². The normalized spacial score (nSPS) is 16.0. The molecule has 0 unspecified atom stereocenters. The van der Waals surface area contributed by atoms with Gasteiger partial charge in [0.05, 0.1) is 6.04 Å². The third-order valence-electron chi connectivity index (χ3n) is 6.98. The molecule has 8 heteroatoms. The van der Waals surface area contributed by atoms with Gasteiger partial charge < -0.3 is 24.0 Å². The highest BCUT2D eigenvalue weighted by Crippen LogP contribution is 2.35. The molecule has 2 aromatic carbocycles. The number of rotatable bonds is 8. The summed E-state index contributed by atoms with van der Waals surface area (Å²) < 4.78 is 17.0. The summed E-state index contributed by atoms with van der Waals surface area (Å²) in [5.74, 6) is 2.12. The van der Waals surface area contributed by atoms with Crippen molar-refractivity contribution in [3.63, 3.8) is 0 Å². The van der Waals surface area contributed by atoms with E-state index in [-0.39, 0.29) is 31.2 Å². The highest BCUT2D eigenvalue weighted by molar-refractivity contribution is 7.10. The second kappa shape index (κ2) is 10.8. The molecule has 2 amide bonds. The van der Waals surface area contributed by atoms with Gasteiger partial charge in [0.2, 0.25) is 12.7 Å². The third-order valence-corrected chi connectivity index (χ3v) is 7.98. The van der Waals surface area contributed by atoms with Crippen LogP contribution in [0.2, 0.25) is 0 Å². The number of fused-ring (bicyclic) bond motifs is 2. The van der Waals surface area contributed by atoms with Gasteiger partial charge in [-0.3, -0.25) is 9.59 Å². The fourth-order valence-electron chi connectivity index (χ4n) is 4.79. The Morgan fingerprint density at radius 2 is 1.89 bits per heavy atom. The van der Waals surface area contributed by atoms with Gasteiger partial charge in [0.1, 0.15) is 18.9 Å². The van der Waals surface area contributed by atoms with Gasteiger partial charge in [0.15, 0.2) is 11.5 Å². The van der Waals surface area contributed by atoms with Crippen molar-refractivity contribution in [2.45, 2.75) is 39.2 Å². The molecule has 3 aromatic rings. The van der Waals surface area contributed by atoms with Crippen molar-refractivity contribution in [3.8, 4) is 17.2 Å². The van der Waals surface area contributed by atoms with Crippen molar-refractivity contribution in [2.75, 3.05) is 33.0 Å². The first-order valence-corrected chi connectivity index (χ1v) is 13.6. The maximum absolute atomic E-state index is 13.6. The number of benzene rings is 2. The first-order chi connectivity index (χ1) is 17.9. The number of thiophene rings is 1. The van der Waals surface area contributed by atoms with E-state index in [4.69, 9.17) is 14.2 Å². The van der Waals surface area contributed by atoms with Crippen molar-refractivity contribution in [3.05, 3.63) is 75.5 Å². The number of nitrogens with zero attached hydrogens (tertiary/aromatic N) is 2. The smallest absolute Gasteiger partial charge is 0.254 e. The molecular formula is C29H32N2O5S. The summed E-state index contributed by atoms with van der Waals surface area (Å²) in [6.45, 7) is 7.73. The van der Waals surface area contributed by atoms with E-state index in [9.17, 15) is 9.59 Å². The van der Waals surface area contributed by atoms with E-state index in [2.05, 4.69) is 37.4 Å². The van der Waals surface area contributed by atoms with E-state index in [0.717, 1.165) is 17.7 Å². The first-order valence-electron chi connectivity index (χ1n) is 12.7. The van der Waals surface area contributed by atoms with Crippen LogP contribution in [0.15, 0.2) is 53.9 Å². The predicted octanol–water partition coefficient (Wildman–Crippen LogP) is 5.27. The monoisotopic (exact) mass is 520 g/mol. The molecule has 0 bridgehead atoms. The largest absolute Gasteiger partial charge is 0.491 e. The van der Waals surface area contributed by atoms with Crippen LogP contribution < -0.4 is 14.2 Å². The molecule has 0 fully saturated rings. The molecule has 194 valence electrons. The molecule has 1 atom stereocenters. The average Bonchev–Trinajstić information content (AvgIpc) is 3.59. The number of ether oxygens (including phenoxy) is 3. The molecule has 7 nitrogen and oxygen atoms in total. The number of amides is 2. The molecule has 37 heavy (non-hydrogen) atoms. The Morgan fingerprint density at radius 3 is 2.65 bits per heavy atom. The van der Waals surface area contributed by atoms with E-state index >= 15 is 0 Å². The minimum absolute atomic E-state index is 0.00281. The lowest BCUT2D eigenvalue weighted by atomic mass is 10.00. The van der Waals surface area contributed by atoms with Gasteiger partial charge in [-0.15, -0.1) is 11.3 Å². The summed E-state index contributed by atoms with van der Waals surface area (Å²) in [5.41, 5.74) is 2.87. The fourth-order valence-corrected chi connectivity index (χ4v) is 5.72. The Kier molecular flexibility index (Phi) is 7.37. The zero-order valence-corrected chi connectivity index (χ0v) is 22.3. The fraction of sp³-hybridized carbons (Fsp3) is 0.379. The molecule has 0 spiro atoms. The zero-order chi connectivity index (χ0) is 25.9. The second-order valence-corrected chi connectivity index (χ2v) is 10.6. The van der Waals surface area contributed by atoms with Crippen LogP contribution in [0.4, 0.5) is 0 Å². The van der Waals surface area contributed by atoms with Crippen molar-refractivity contribution in [1.29, 1.82) is 0 Å². The number of carbonyl (C=O) groups excluding carboxylic acids is 2. The van der Waals surface area contributed by atoms with Gasteiger partial charge in [-0.1, -0.05) is 26.0 Å². The molecule has 0 radical (unpaired) electrons. The lowest BCUT2D eigenvalue weighted by Crippen LogP contribution is -2.47. The van der Waals surface area contributed by atoms with Crippen molar-refractivity contribution < 1.29 is 23.8 Å². The van der Waals surface area contributed by atoms with E-state index in [1.807, 2.05) is 24.0 Å². The summed E-state index contributed by atoms with van der Waals surface area (Å²) in [6.07, 6.45) is 0.806. The summed E-state index contributed by atoms with van der Waals surface area (Å²) in [6, 6.07) is 15.1. The number of hydrogen-bond donors (Lipinski definition) is 0. The summed E-state index contributed by atoms with van der Waals surface area (Å²) in [7, 11) is 0. The van der Waals surface area contributed by atoms with Crippen LogP contribution in [0.25, 0.3) is 0 Å². The molecule has 1 aromatic heterocycles. The van der Waals surface area contributed by atoms with Gasteiger partial charge in [-0.2, -0.15) is 0 Å². The standard InChI is InChI=1S/C29H32N2O5S/c1-4-30(29(33)21-7-10-25-26(15-21)36-18-35-25)16-28(32)31-13-11-27-23(12-14-37-27)24(31)17-34-22-8-5-20(6-9-22)19(2)3/h5-10,12,14-15,19,24H,4,11,13,16-18H2,1-3H3/t24-/m1/s1.